The molecule has 2 aromatic rings. The van der Waals surface area contributed by atoms with Crippen molar-refractivity contribution in [2.45, 2.75) is 32.2 Å². The van der Waals surface area contributed by atoms with Crippen LogP contribution < -0.4 is 0 Å². The Morgan fingerprint density at radius 1 is 1.32 bits per heavy atom. The number of rotatable bonds is 5. The van der Waals surface area contributed by atoms with Crippen LogP contribution in [0, 0.1) is 5.82 Å². The second kappa shape index (κ2) is 6.33. The van der Waals surface area contributed by atoms with Gasteiger partial charge >= 0.3 is 0 Å². The molecule has 1 unspecified atom stereocenters. The summed E-state index contributed by atoms with van der Waals surface area (Å²) < 4.78 is 15.2. The molecule has 0 fully saturated rings. The summed E-state index contributed by atoms with van der Waals surface area (Å²) in [5.74, 6) is 0.0578. The molecule has 0 bridgehead atoms. The third kappa shape index (κ3) is 3.66. The summed E-state index contributed by atoms with van der Waals surface area (Å²) in [7, 11) is 0. The van der Waals surface area contributed by atoms with E-state index in [1.165, 1.54) is 6.07 Å². The Morgan fingerprint density at radius 3 is 2.68 bits per heavy atom. The van der Waals surface area contributed by atoms with Gasteiger partial charge in [-0.1, -0.05) is 28.1 Å². The molecule has 4 heteroatoms. The Bertz CT molecular complexity index is 536. The minimum Gasteiger partial charge on any atom is -0.270 e. The predicted octanol–water partition coefficient (Wildman–Crippen LogP) is 4.32. The molecule has 102 valence electrons. The number of aromatic nitrogens is 2. The molecule has 0 N–H and O–H groups in total. The topological polar surface area (TPSA) is 17.8 Å². The Kier molecular flexibility index (Phi) is 4.75. The lowest BCUT2D eigenvalue weighted by atomic mass is 9.96. The van der Waals surface area contributed by atoms with Crippen molar-refractivity contribution in [3.05, 3.63) is 53.6 Å². The number of benzene rings is 1. The van der Waals surface area contributed by atoms with Crippen molar-refractivity contribution >= 4 is 15.9 Å². The van der Waals surface area contributed by atoms with Crippen molar-refractivity contribution in [2.24, 2.45) is 0 Å². The predicted molar refractivity (Wildman–Crippen MR) is 79.3 cm³/mol. The van der Waals surface area contributed by atoms with Gasteiger partial charge in [-0.2, -0.15) is 5.10 Å². The third-order valence-corrected chi connectivity index (χ3v) is 3.94. The molecule has 0 amide bonds. The summed E-state index contributed by atoms with van der Waals surface area (Å²) in [5, 5.41) is 5.34. The highest BCUT2D eigenvalue weighted by Crippen LogP contribution is 2.23. The van der Waals surface area contributed by atoms with Gasteiger partial charge in [-0.05, 0) is 49.9 Å². The molecule has 0 radical (unpaired) electrons. The first-order valence-corrected chi connectivity index (χ1v) is 7.57. The first-order chi connectivity index (χ1) is 9.10. The molecule has 2 nitrogen and oxygen atoms in total. The SMILES string of the molecule is CC(C)n1ccc(CC(CBr)c2cccc(F)c2)n1. The molecular weight excluding hydrogens is 307 g/mol. The Labute approximate surface area is 121 Å². The van der Waals surface area contributed by atoms with E-state index >= 15 is 0 Å². The summed E-state index contributed by atoms with van der Waals surface area (Å²) in [6, 6.07) is 9.20. The Hall–Kier alpha value is -1.16. The van der Waals surface area contributed by atoms with Crippen molar-refractivity contribution in [2.75, 3.05) is 5.33 Å². The van der Waals surface area contributed by atoms with Gasteiger partial charge in [0.15, 0.2) is 0 Å². The highest BCUT2D eigenvalue weighted by Gasteiger charge is 2.14. The van der Waals surface area contributed by atoms with Gasteiger partial charge in [0.05, 0.1) is 5.69 Å². The molecule has 0 saturated carbocycles. The molecule has 1 heterocycles. The quantitative estimate of drug-likeness (QED) is 0.749. The summed E-state index contributed by atoms with van der Waals surface area (Å²) in [5.41, 5.74) is 2.05. The second-order valence-corrected chi connectivity index (χ2v) is 5.64. The molecule has 1 aromatic heterocycles. The van der Waals surface area contributed by atoms with E-state index in [1.54, 1.807) is 12.1 Å². The average Bonchev–Trinajstić information content (AvgIpc) is 2.84. The number of hydrogen-bond donors (Lipinski definition) is 0. The molecule has 0 aliphatic carbocycles. The summed E-state index contributed by atoms with van der Waals surface area (Å²) in [6.45, 7) is 4.21. The molecule has 0 aliphatic rings. The van der Waals surface area contributed by atoms with E-state index in [0.717, 1.165) is 23.0 Å². The monoisotopic (exact) mass is 324 g/mol. The maximum absolute atomic E-state index is 13.3. The smallest absolute Gasteiger partial charge is 0.123 e. The first-order valence-electron chi connectivity index (χ1n) is 6.45. The minimum atomic E-state index is -0.184. The lowest BCUT2D eigenvalue weighted by Gasteiger charge is -2.13. The highest BCUT2D eigenvalue weighted by molar-refractivity contribution is 9.09. The molecule has 0 saturated heterocycles. The van der Waals surface area contributed by atoms with Crippen LogP contribution in [0.4, 0.5) is 4.39 Å². The van der Waals surface area contributed by atoms with Crippen molar-refractivity contribution in [3.63, 3.8) is 0 Å². The maximum atomic E-state index is 13.3. The molecule has 1 aromatic carbocycles. The van der Waals surface area contributed by atoms with E-state index in [0.29, 0.717) is 6.04 Å². The second-order valence-electron chi connectivity index (χ2n) is 4.99. The van der Waals surface area contributed by atoms with Crippen molar-refractivity contribution in [3.8, 4) is 0 Å². The van der Waals surface area contributed by atoms with Gasteiger partial charge in [-0.15, -0.1) is 0 Å². The van der Waals surface area contributed by atoms with Crippen LogP contribution in [-0.2, 0) is 6.42 Å². The molecular formula is C15H18BrFN2. The molecule has 2 rings (SSSR count). The number of hydrogen-bond acceptors (Lipinski definition) is 1. The third-order valence-electron chi connectivity index (χ3n) is 3.15. The zero-order valence-corrected chi connectivity index (χ0v) is 12.8. The van der Waals surface area contributed by atoms with Gasteiger partial charge in [0.2, 0.25) is 0 Å². The van der Waals surface area contributed by atoms with Gasteiger partial charge in [-0.25, -0.2) is 4.39 Å². The molecule has 1 atom stereocenters. The van der Waals surface area contributed by atoms with Gasteiger partial charge in [-0.3, -0.25) is 4.68 Å². The lowest BCUT2D eigenvalue weighted by molar-refractivity contribution is 0.523. The average molecular weight is 325 g/mol. The van der Waals surface area contributed by atoms with E-state index in [2.05, 4.69) is 34.9 Å². The zero-order chi connectivity index (χ0) is 13.8. The van der Waals surface area contributed by atoms with Crippen molar-refractivity contribution in [1.82, 2.24) is 9.78 Å². The fourth-order valence-electron chi connectivity index (χ4n) is 2.05. The van der Waals surface area contributed by atoms with E-state index < -0.39 is 0 Å². The molecule has 0 aliphatic heterocycles. The van der Waals surface area contributed by atoms with Crippen LogP contribution in [0.3, 0.4) is 0 Å². The summed E-state index contributed by atoms with van der Waals surface area (Å²) in [6.07, 6.45) is 2.81. The van der Waals surface area contributed by atoms with E-state index in [-0.39, 0.29) is 11.7 Å². The van der Waals surface area contributed by atoms with Gasteiger partial charge < -0.3 is 0 Å². The Balaban J connectivity index is 2.14. The molecule has 19 heavy (non-hydrogen) atoms. The highest BCUT2D eigenvalue weighted by atomic mass is 79.9. The number of halogens is 2. The summed E-state index contributed by atoms with van der Waals surface area (Å²) >= 11 is 3.51. The van der Waals surface area contributed by atoms with Crippen LogP contribution in [0.25, 0.3) is 0 Å². The van der Waals surface area contributed by atoms with Gasteiger partial charge in [0.1, 0.15) is 5.82 Å². The lowest BCUT2D eigenvalue weighted by Crippen LogP contribution is -2.07. The fraction of sp³-hybridized carbons (Fsp3) is 0.400. The van der Waals surface area contributed by atoms with Crippen LogP contribution in [0.2, 0.25) is 0 Å². The van der Waals surface area contributed by atoms with Crippen LogP contribution in [0.1, 0.15) is 37.1 Å². The van der Waals surface area contributed by atoms with Crippen LogP contribution in [0.5, 0.6) is 0 Å². The van der Waals surface area contributed by atoms with E-state index in [4.69, 9.17) is 0 Å². The maximum Gasteiger partial charge on any atom is 0.123 e. The van der Waals surface area contributed by atoms with Gasteiger partial charge in [0, 0.05) is 17.6 Å². The zero-order valence-electron chi connectivity index (χ0n) is 11.2. The summed E-state index contributed by atoms with van der Waals surface area (Å²) in [4.78, 5) is 0. The standard InChI is InChI=1S/C15H18BrFN2/c1-11(2)19-7-6-15(18-19)9-13(10-16)12-4-3-5-14(17)8-12/h3-8,11,13H,9-10H2,1-2H3. The van der Waals surface area contributed by atoms with Crippen LogP contribution in [-0.4, -0.2) is 15.1 Å². The van der Waals surface area contributed by atoms with Crippen LogP contribution >= 0.6 is 15.9 Å². The van der Waals surface area contributed by atoms with Gasteiger partial charge in [0.25, 0.3) is 0 Å². The minimum absolute atomic E-state index is 0.184. The first kappa shape index (κ1) is 14.3. The number of nitrogens with zero attached hydrogens (tertiary/aromatic N) is 2. The van der Waals surface area contributed by atoms with Crippen LogP contribution in [0.15, 0.2) is 36.5 Å². The Morgan fingerprint density at radius 2 is 2.11 bits per heavy atom. The van der Waals surface area contributed by atoms with E-state index in [1.807, 2.05) is 23.0 Å². The number of alkyl halides is 1. The van der Waals surface area contributed by atoms with E-state index in [9.17, 15) is 4.39 Å². The fourth-order valence-corrected chi connectivity index (χ4v) is 2.65. The largest absolute Gasteiger partial charge is 0.270 e. The van der Waals surface area contributed by atoms with Crippen molar-refractivity contribution in [1.29, 1.82) is 0 Å². The molecule has 0 spiro atoms. The van der Waals surface area contributed by atoms with Crippen molar-refractivity contribution < 1.29 is 4.39 Å². The normalized spacial score (nSPS) is 12.9.